The minimum atomic E-state index is -1.72. The predicted octanol–water partition coefficient (Wildman–Crippen LogP) is 2.75. The first-order valence-corrected chi connectivity index (χ1v) is 10.4. The lowest BCUT2D eigenvalue weighted by molar-refractivity contribution is -0.225. The van der Waals surface area contributed by atoms with E-state index < -0.39 is 40.0 Å². The van der Waals surface area contributed by atoms with Crippen molar-refractivity contribution in [2.75, 3.05) is 13.7 Å². The largest absolute Gasteiger partial charge is 0.431 e. The van der Waals surface area contributed by atoms with E-state index in [0.717, 1.165) is 11.1 Å². The Bertz CT molecular complexity index is 887. The van der Waals surface area contributed by atoms with Crippen LogP contribution in [-0.2, 0) is 29.9 Å². The second-order valence-corrected chi connectivity index (χ2v) is 8.67. The Kier molecular flexibility index (Phi) is 5.09. The Labute approximate surface area is 166 Å². The lowest BCUT2D eigenvalue weighted by atomic mass is 9.90. The zero-order valence-corrected chi connectivity index (χ0v) is 16.8. The molecule has 2 aromatic rings. The molecular formula is C21H23NO5S. The molecule has 7 heteroatoms. The molecule has 2 aliphatic rings. The molecule has 0 amide bonds. The van der Waals surface area contributed by atoms with E-state index >= 15 is 0 Å². The number of hydrogen-bond acceptors (Lipinski definition) is 6. The molecule has 0 bridgehead atoms. The molecule has 148 valence electrons. The van der Waals surface area contributed by atoms with Crippen molar-refractivity contribution in [3.05, 3.63) is 65.7 Å². The summed E-state index contributed by atoms with van der Waals surface area (Å²) in [6.45, 7) is 4.13. The number of rotatable bonds is 5. The lowest BCUT2D eigenvalue weighted by Gasteiger charge is -2.30. The van der Waals surface area contributed by atoms with Gasteiger partial charge in [0.2, 0.25) is 11.0 Å². The van der Waals surface area contributed by atoms with Gasteiger partial charge in [-0.15, -0.1) is 0 Å². The number of cyclic esters (lactones) is 1. The van der Waals surface area contributed by atoms with Crippen LogP contribution in [0, 0.1) is 6.92 Å². The average molecular weight is 401 g/mol. The van der Waals surface area contributed by atoms with E-state index in [1.807, 2.05) is 56.3 Å². The first kappa shape index (κ1) is 19.3. The molecule has 0 spiro atoms. The van der Waals surface area contributed by atoms with Crippen LogP contribution >= 0.6 is 0 Å². The van der Waals surface area contributed by atoms with E-state index in [1.54, 1.807) is 24.2 Å². The zero-order valence-electron chi connectivity index (χ0n) is 16.0. The van der Waals surface area contributed by atoms with Gasteiger partial charge in [-0.05, 0) is 31.5 Å². The molecule has 2 heterocycles. The highest BCUT2D eigenvalue weighted by Gasteiger charge is 2.73. The van der Waals surface area contributed by atoms with Gasteiger partial charge in [-0.25, -0.2) is 0 Å². The van der Waals surface area contributed by atoms with Crippen LogP contribution in [0.4, 0.5) is 0 Å². The van der Waals surface area contributed by atoms with Crippen molar-refractivity contribution in [1.82, 2.24) is 5.06 Å². The second kappa shape index (κ2) is 7.40. The summed E-state index contributed by atoms with van der Waals surface area (Å²) in [7, 11) is 0.0303. The number of benzene rings is 2. The van der Waals surface area contributed by atoms with Crippen LogP contribution in [0.15, 0.2) is 59.5 Å². The van der Waals surface area contributed by atoms with Crippen molar-refractivity contribution < 1.29 is 23.3 Å². The monoisotopic (exact) mass is 401 g/mol. The highest BCUT2D eigenvalue weighted by Crippen LogP contribution is 2.53. The third kappa shape index (κ3) is 2.81. The Hall–Kier alpha value is -2.06. The van der Waals surface area contributed by atoms with Crippen LogP contribution in [0.5, 0.6) is 0 Å². The van der Waals surface area contributed by atoms with E-state index in [2.05, 4.69) is 0 Å². The van der Waals surface area contributed by atoms with Gasteiger partial charge in [0.1, 0.15) is 0 Å². The number of carbonyl (C=O) groups excluding carboxylic acids is 1. The number of esters is 1. The van der Waals surface area contributed by atoms with Crippen LogP contribution in [0.3, 0.4) is 0 Å². The summed E-state index contributed by atoms with van der Waals surface area (Å²) in [5.41, 5.74) is 1.89. The van der Waals surface area contributed by atoms with Gasteiger partial charge in [-0.1, -0.05) is 48.0 Å². The third-order valence-corrected chi connectivity index (χ3v) is 7.19. The quantitative estimate of drug-likeness (QED) is 0.718. The molecule has 4 rings (SSSR count). The normalized spacial score (nSPS) is 30.8. The number of hydrogen-bond donors (Lipinski definition) is 0. The van der Waals surface area contributed by atoms with Gasteiger partial charge in [0.05, 0.1) is 16.8 Å². The molecule has 2 aliphatic heterocycles. The molecule has 0 radical (unpaired) electrons. The standard InChI is InChI=1S/C21H23NO5S/c1-4-25-19-18-21(20(23)26-19,28(24)16-12-10-14(2)11-13-16)17(22(3)27-18)15-8-6-5-7-9-15/h5-13,17-19H,4H2,1-3H3/t17-,18+,19+,21-,28+/m1/s1. The molecule has 6 nitrogen and oxygen atoms in total. The van der Waals surface area contributed by atoms with Crippen molar-refractivity contribution in [3.63, 3.8) is 0 Å². The summed E-state index contributed by atoms with van der Waals surface area (Å²) in [5, 5.41) is 1.61. The van der Waals surface area contributed by atoms with E-state index in [1.165, 1.54) is 0 Å². The first-order chi connectivity index (χ1) is 13.5. The van der Waals surface area contributed by atoms with Crippen LogP contribution in [-0.4, -0.2) is 46.0 Å². The lowest BCUT2D eigenvalue weighted by Crippen LogP contribution is -2.51. The second-order valence-electron chi connectivity index (χ2n) is 6.99. The maximum atomic E-state index is 13.9. The first-order valence-electron chi connectivity index (χ1n) is 9.26. The fourth-order valence-corrected chi connectivity index (χ4v) is 5.83. The summed E-state index contributed by atoms with van der Waals surface area (Å²) in [4.78, 5) is 19.9. The number of ether oxygens (including phenoxy) is 2. The molecule has 2 fully saturated rings. The Balaban J connectivity index is 1.88. The average Bonchev–Trinajstić information content (AvgIpc) is 3.15. The summed E-state index contributed by atoms with van der Waals surface area (Å²) in [6, 6.07) is 16.3. The van der Waals surface area contributed by atoms with Gasteiger partial charge in [0.15, 0.2) is 6.10 Å². The van der Waals surface area contributed by atoms with Crippen LogP contribution < -0.4 is 0 Å². The van der Waals surface area contributed by atoms with E-state index in [0.29, 0.717) is 11.5 Å². The summed E-state index contributed by atoms with van der Waals surface area (Å²) < 4.78 is 23.6. The van der Waals surface area contributed by atoms with Crippen molar-refractivity contribution in [3.8, 4) is 0 Å². The number of aryl methyl sites for hydroxylation is 1. The van der Waals surface area contributed by atoms with Crippen molar-refractivity contribution in [1.29, 1.82) is 0 Å². The minimum absolute atomic E-state index is 0.352. The number of hydroxylamine groups is 2. The fraction of sp³-hybridized carbons (Fsp3) is 0.381. The molecule has 0 unspecified atom stereocenters. The van der Waals surface area contributed by atoms with E-state index in [-0.39, 0.29) is 0 Å². The smallest absolute Gasteiger partial charge is 0.332 e. The van der Waals surface area contributed by atoms with Crippen molar-refractivity contribution >= 4 is 16.8 Å². The number of fused-ring (bicyclic) bond motifs is 1. The summed E-state index contributed by atoms with van der Waals surface area (Å²) in [6.07, 6.45) is -1.71. The summed E-state index contributed by atoms with van der Waals surface area (Å²) >= 11 is 0. The molecule has 0 aliphatic carbocycles. The van der Waals surface area contributed by atoms with Crippen molar-refractivity contribution in [2.45, 2.75) is 41.9 Å². The molecule has 0 N–H and O–H groups in total. The molecule has 0 aromatic heterocycles. The molecular weight excluding hydrogens is 378 g/mol. The third-order valence-electron chi connectivity index (χ3n) is 5.25. The number of nitrogens with zero attached hydrogens (tertiary/aromatic N) is 1. The Morgan fingerprint density at radius 2 is 1.82 bits per heavy atom. The topological polar surface area (TPSA) is 65.1 Å². The predicted molar refractivity (Wildman–Crippen MR) is 104 cm³/mol. The number of carbonyl (C=O) groups is 1. The van der Waals surface area contributed by atoms with Crippen LogP contribution in [0.2, 0.25) is 0 Å². The van der Waals surface area contributed by atoms with E-state index in [4.69, 9.17) is 14.3 Å². The van der Waals surface area contributed by atoms with Crippen molar-refractivity contribution in [2.24, 2.45) is 0 Å². The Morgan fingerprint density at radius 3 is 2.46 bits per heavy atom. The van der Waals surface area contributed by atoms with E-state index in [9.17, 15) is 9.00 Å². The van der Waals surface area contributed by atoms with Gasteiger partial charge in [-0.2, -0.15) is 5.06 Å². The molecule has 2 aromatic carbocycles. The van der Waals surface area contributed by atoms with Crippen LogP contribution in [0.25, 0.3) is 0 Å². The highest BCUT2D eigenvalue weighted by atomic mass is 32.2. The SMILES string of the molecule is CCO[C@H]1OC(=O)[C@]2([S@@](=O)c3ccc(C)cc3)[C@H]1ON(C)[C@@H]2c1ccccc1. The maximum Gasteiger partial charge on any atom is 0.332 e. The maximum absolute atomic E-state index is 13.9. The van der Waals surface area contributed by atoms with Crippen LogP contribution in [0.1, 0.15) is 24.1 Å². The van der Waals surface area contributed by atoms with Gasteiger partial charge in [0.25, 0.3) is 0 Å². The van der Waals surface area contributed by atoms with Gasteiger partial charge < -0.3 is 9.47 Å². The molecule has 5 atom stereocenters. The highest BCUT2D eigenvalue weighted by molar-refractivity contribution is 7.87. The minimum Gasteiger partial charge on any atom is -0.431 e. The Morgan fingerprint density at radius 1 is 1.14 bits per heavy atom. The zero-order chi connectivity index (χ0) is 19.9. The fourth-order valence-electron chi connectivity index (χ4n) is 4.00. The van der Waals surface area contributed by atoms with Gasteiger partial charge in [-0.3, -0.25) is 13.8 Å². The molecule has 2 saturated heterocycles. The van der Waals surface area contributed by atoms with Gasteiger partial charge in [0, 0.05) is 18.6 Å². The molecule has 0 saturated carbocycles. The van der Waals surface area contributed by atoms with Gasteiger partial charge >= 0.3 is 5.97 Å². The summed E-state index contributed by atoms with van der Waals surface area (Å²) in [5.74, 6) is -0.562. The molecule has 28 heavy (non-hydrogen) atoms.